The monoisotopic (exact) mass is 258 g/mol. The highest BCUT2D eigenvalue weighted by atomic mass is 16.5. The van der Waals surface area contributed by atoms with E-state index in [4.69, 9.17) is 9.47 Å². The van der Waals surface area contributed by atoms with Gasteiger partial charge in [0.15, 0.2) is 0 Å². The maximum absolute atomic E-state index is 5.50. The van der Waals surface area contributed by atoms with Crippen molar-refractivity contribution in [1.29, 1.82) is 0 Å². The van der Waals surface area contributed by atoms with Crippen LogP contribution in [0.3, 0.4) is 0 Å². The van der Waals surface area contributed by atoms with E-state index in [2.05, 4.69) is 10.3 Å². The van der Waals surface area contributed by atoms with Crippen molar-refractivity contribution >= 4 is 5.69 Å². The fourth-order valence-electron chi connectivity index (χ4n) is 1.62. The third kappa shape index (κ3) is 4.60. The molecule has 0 saturated carbocycles. The van der Waals surface area contributed by atoms with Crippen LogP contribution in [0.4, 0.5) is 5.69 Å². The zero-order chi connectivity index (χ0) is 13.3. The second-order valence-corrected chi connectivity index (χ2v) is 4.07. The number of methoxy groups -OCH3 is 1. The van der Waals surface area contributed by atoms with Crippen molar-refractivity contribution < 1.29 is 9.47 Å². The lowest BCUT2D eigenvalue weighted by Gasteiger charge is -2.08. The Balaban J connectivity index is 1.81. The lowest BCUT2D eigenvalue weighted by atomic mass is 10.2. The van der Waals surface area contributed by atoms with Crippen LogP contribution in [0, 0.1) is 0 Å². The summed E-state index contributed by atoms with van der Waals surface area (Å²) < 4.78 is 10.4. The molecule has 0 bridgehead atoms. The van der Waals surface area contributed by atoms with Gasteiger partial charge in [-0.1, -0.05) is 0 Å². The fraction of sp³-hybridized carbons (Fsp3) is 0.267. The van der Waals surface area contributed by atoms with Gasteiger partial charge in [-0.25, -0.2) is 0 Å². The zero-order valence-corrected chi connectivity index (χ0v) is 11.0. The molecule has 0 saturated heterocycles. The van der Waals surface area contributed by atoms with Crippen LogP contribution in [0.15, 0.2) is 48.8 Å². The van der Waals surface area contributed by atoms with Gasteiger partial charge in [-0.05, 0) is 42.0 Å². The summed E-state index contributed by atoms with van der Waals surface area (Å²) in [6.07, 6.45) is 3.59. The van der Waals surface area contributed by atoms with Gasteiger partial charge >= 0.3 is 0 Å². The molecule has 4 nitrogen and oxygen atoms in total. The first kappa shape index (κ1) is 13.4. The maximum atomic E-state index is 5.50. The van der Waals surface area contributed by atoms with E-state index in [0.29, 0.717) is 13.2 Å². The minimum absolute atomic E-state index is 0.570. The van der Waals surface area contributed by atoms with E-state index in [1.54, 1.807) is 19.5 Å². The maximum Gasteiger partial charge on any atom is 0.119 e. The second kappa shape index (κ2) is 7.38. The molecule has 0 aliphatic heterocycles. The molecule has 0 unspecified atom stereocenters. The van der Waals surface area contributed by atoms with Gasteiger partial charge in [0, 0.05) is 31.7 Å². The van der Waals surface area contributed by atoms with Gasteiger partial charge in [-0.15, -0.1) is 0 Å². The van der Waals surface area contributed by atoms with Crippen molar-refractivity contribution in [2.45, 2.75) is 6.54 Å². The standard InChI is InChI=1S/C15H18N2O2/c1-18-10-11-19-15-4-2-14(3-5-15)17-12-13-6-8-16-9-7-13/h2-9,17H,10-12H2,1H3. The first-order chi connectivity index (χ1) is 9.38. The van der Waals surface area contributed by atoms with Crippen molar-refractivity contribution in [3.05, 3.63) is 54.4 Å². The number of aromatic nitrogens is 1. The Bertz CT molecular complexity index is 471. The SMILES string of the molecule is COCCOc1ccc(NCc2ccncc2)cc1. The van der Waals surface area contributed by atoms with Crippen LogP contribution in [0.25, 0.3) is 0 Å². The molecule has 4 heteroatoms. The number of pyridine rings is 1. The molecule has 0 aliphatic rings. The molecule has 1 aromatic carbocycles. The molecule has 2 aromatic rings. The molecule has 1 N–H and O–H groups in total. The Labute approximate surface area is 113 Å². The molecule has 0 amide bonds. The van der Waals surface area contributed by atoms with Crippen molar-refractivity contribution in [3.63, 3.8) is 0 Å². The van der Waals surface area contributed by atoms with Crippen LogP contribution >= 0.6 is 0 Å². The van der Waals surface area contributed by atoms with E-state index in [9.17, 15) is 0 Å². The normalized spacial score (nSPS) is 10.2. The van der Waals surface area contributed by atoms with Crippen molar-refractivity contribution in [3.8, 4) is 5.75 Å². The number of rotatable bonds is 7. The third-order valence-corrected chi connectivity index (χ3v) is 2.66. The molecule has 0 atom stereocenters. The molecule has 1 heterocycles. The minimum atomic E-state index is 0.570. The number of hydrogen-bond donors (Lipinski definition) is 1. The Morgan fingerprint density at radius 3 is 2.42 bits per heavy atom. The molecule has 1 aromatic heterocycles. The third-order valence-electron chi connectivity index (χ3n) is 2.66. The molecule has 19 heavy (non-hydrogen) atoms. The van der Waals surface area contributed by atoms with E-state index >= 15 is 0 Å². The summed E-state index contributed by atoms with van der Waals surface area (Å²) >= 11 is 0. The number of ether oxygens (including phenoxy) is 2. The second-order valence-electron chi connectivity index (χ2n) is 4.07. The summed E-state index contributed by atoms with van der Waals surface area (Å²) in [5, 5.41) is 3.35. The Hall–Kier alpha value is -2.07. The number of benzene rings is 1. The van der Waals surface area contributed by atoms with E-state index in [-0.39, 0.29) is 0 Å². The molecule has 0 spiro atoms. The summed E-state index contributed by atoms with van der Waals surface area (Å²) in [5.41, 5.74) is 2.27. The zero-order valence-electron chi connectivity index (χ0n) is 11.0. The van der Waals surface area contributed by atoms with E-state index in [1.165, 1.54) is 5.56 Å². The lowest BCUT2D eigenvalue weighted by molar-refractivity contribution is 0.146. The van der Waals surface area contributed by atoms with Crippen LogP contribution in [0.5, 0.6) is 5.75 Å². The summed E-state index contributed by atoms with van der Waals surface area (Å²) in [7, 11) is 1.66. The number of hydrogen-bond acceptors (Lipinski definition) is 4. The van der Waals surface area contributed by atoms with Crippen molar-refractivity contribution in [2.75, 3.05) is 25.6 Å². The molecule has 0 fully saturated rings. The summed E-state index contributed by atoms with van der Waals surface area (Å²) in [5.74, 6) is 0.853. The fourth-order valence-corrected chi connectivity index (χ4v) is 1.62. The van der Waals surface area contributed by atoms with E-state index in [1.807, 2.05) is 36.4 Å². The van der Waals surface area contributed by atoms with Gasteiger partial charge in [0.25, 0.3) is 0 Å². The van der Waals surface area contributed by atoms with Gasteiger partial charge in [-0.3, -0.25) is 4.98 Å². The summed E-state index contributed by atoms with van der Waals surface area (Å²) in [4.78, 5) is 3.99. The summed E-state index contributed by atoms with van der Waals surface area (Å²) in [6.45, 7) is 1.95. The molecular weight excluding hydrogens is 240 g/mol. The van der Waals surface area contributed by atoms with Gasteiger partial charge in [0.1, 0.15) is 12.4 Å². The van der Waals surface area contributed by atoms with Gasteiger partial charge in [0.2, 0.25) is 0 Å². The van der Waals surface area contributed by atoms with Crippen LogP contribution in [0.2, 0.25) is 0 Å². The highest BCUT2D eigenvalue weighted by molar-refractivity contribution is 5.46. The van der Waals surface area contributed by atoms with E-state index in [0.717, 1.165) is 18.0 Å². The van der Waals surface area contributed by atoms with Crippen LogP contribution in [0.1, 0.15) is 5.56 Å². The molecule has 2 rings (SSSR count). The number of nitrogens with one attached hydrogen (secondary N) is 1. The topological polar surface area (TPSA) is 43.4 Å². The summed E-state index contributed by atoms with van der Waals surface area (Å²) in [6, 6.07) is 11.9. The number of anilines is 1. The Kier molecular flexibility index (Phi) is 5.19. The molecule has 0 aliphatic carbocycles. The van der Waals surface area contributed by atoms with Crippen LogP contribution in [-0.2, 0) is 11.3 Å². The number of nitrogens with zero attached hydrogens (tertiary/aromatic N) is 1. The van der Waals surface area contributed by atoms with Gasteiger partial charge in [0.05, 0.1) is 6.61 Å². The Morgan fingerprint density at radius 2 is 1.74 bits per heavy atom. The average Bonchev–Trinajstić information content (AvgIpc) is 2.48. The Morgan fingerprint density at radius 1 is 1.00 bits per heavy atom. The van der Waals surface area contributed by atoms with Gasteiger partial charge in [-0.2, -0.15) is 0 Å². The molecule has 100 valence electrons. The minimum Gasteiger partial charge on any atom is -0.491 e. The van der Waals surface area contributed by atoms with Gasteiger partial charge < -0.3 is 14.8 Å². The molecular formula is C15H18N2O2. The highest BCUT2D eigenvalue weighted by Crippen LogP contribution is 2.16. The van der Waals surface area contributed by atoms with E-state index < -0.39 is 0 Å². The van der Waals surface area contributed by atoms with Crippen LogP contribution in [-0.4, -0.2) is 25.3 Å². The van der Waals surface area contributed by atoms with Crippen molar-refractivity contribution in [2.24, 2.45) is 0 Å². The first-order valence-electron chi connectivity index (χ1n) is 6.23. The smallest absolute Gasteiger partial charge is 0.119 e. The quantitative estimate of drug-likeness (QED) is 0.775. The average molecular weight is 258 g/mol. The first-order valence-corrected chi connectivity index (χ1v) is 6.23. The molecule has 0 radical (unpaired) electrons. The van der Waals surface area contributed by atoms with Crippen molar-refractivity contribution in [1.82, 2.24) is 4.98 Å². The highest BCUT2D eigenvalue weighted by Gasteiger charge is 1.96. The lowest BCUT2D eigenvalue weighted by Crippen LogP contribution is -2.04. The predicted octanol–water partition coefficient (Wildman–Crippen LogP) is 2.72. The largest absolute Gasteiger partial charge is 0.491 e. The van der Waals surface area contributed by atoms with Crippen LogP contribution < -0.4 is 10.1 Å². The predicted molar refractivity (Wildman–Crippen MR) is 75.4 cm³/mol.